The van der Waals surface area contributed by atoms with Gasteiger partial charge in [0.1, 0.15) is 0 Å². The summed E-state index contributed by atoms with van der Waals surface area (Å²) in [6, 6.07) is 7.86. The molecule has 162 valence electrons. The minimum atomic E-state index is -4.43. The number of aromatic nitrogens is 1. The van der Waals surface area contributed by atoms with E-state index in [0.29, 0.717) is 24.6 Å². The molecule has 1 aromatic heterocycles. The van der Waals surface area contributed by atoms with Crippen molar-refractivity contribution >= 4 is 28.1 Å². The molecule has 0 radical (unpaired) electrons. The molecule has 30 heavy (non-hydrogen) atoms. The third-order valence-corrected chi connectivity index (χ3v) is 6.19. The van der Waals surface area contributed by atoms with Gasteiger partial charge in [0, 0.05) is 43.3 Å². The van der Waals surface area contributed by atoms with Gasteiger partial charge in [-0.1, -0.05) is 12.1 Å². The number of hydrogen-bond acceptors (Lipinski definition) is 6. The molecule has 0 saturated carbocycles. The van der Waals surface area contributed by atoms with Gasteiger partial charge in [0.25, 0.3) is 0 Å². The standard InChI is InChI=1S/C20H23F3N4O2S/c21-20(22,23)17-13-30-19(25-17)27-6-5-15(12-27)24-18(28)11-14-1-3-16(4-2-14)26-7-9-29-10-8-26/h1-4,13,15H,5-12H2,(H,24,28). The second-order valence-electron chi connectivity index (χ2n) is 7.45. The van der Waals surface area contributed by atoms with E-state index >= 15 is 0 Å². The SMILES string of the molecule is O=C(Cc1ccc(N2CCOCC2)cc1)NC1CCN(c2nc(C(F)(F)F)cs2)C1. The van der Waals surface area contributed by atoms with Crippen LogP contribution in [0.15, 0.2) is 29.6 Å². The Balaban J connectivity index is 1.27. The fourth-order valence-electron chi connectivity index (χ4n) is 3.70. The number of amides is 1. The maximum atomic E-state index is 12.7. The number of ether oxygens (including phenoxy) is 1. The van der Waals surface area contributed by atoms with Gasteiger partial charge in [-0.3, -0.25) is 4.79 Å². The number of hydrogen-bond donors (Lipinski definition) is 1. The Morgan fingerprint density at radius 1 is 1.17 bits per heavy atom. The lowest BCUT2D eigenvalue weighted by Crippen LogP contribution is -2.38. The smallest absolute Gasteiger partial charge is 0.378 e. The van der Waals surface area contributed by atoms with Crippen molar-refractivity contribution in [3.63, 3.8) is 0 Å². The molecule has 1 N–H and O–H groups in total. The topological polar surface area (TPSA) is 57.7 Å². The van der Waals surface area contributed by atoms with Gasteiger partial charge in [-0.25, -0.2) is 4.98 Å². The summed E-state index contributed by atoms with van der Waals surface area (Å²) in [4.78, 5) is 20.1. The number of carbonyl (C=O) groups excluding carboxylic acids is 1. The molecule has 1 unspecified atom stereocenters. The molecular formula is C20H23F3N4O2S. The average molecular weight is 440 g/mol. The monoisotopic (exact) mass is 440 g/mol. The molecule has 2 aliphatic heterocycles. The molecule has 1 amide bonds. The van der Waals surface area contributed by atoms with Crippen LogP contribution in [0.1, 0.15) is 17.7 Å². The summed E-state index contributed by atoms with van der Waals surface area (Å²) >= 11 is 0.981. The van der Waals surface area contributed by atoms with Crippen molar-refractivity contribution in [2.45, 2.75) is 25.1 Å². The average Bonchev–Trinajstić information content (AvgIpc) is 3.38. The molecule has 10 heteroatoms. The lowest BCUT2D eigenvalue weighted by molar-refractivity contribution is -0.140. The van der Waals surface area contributed by atoms with E-state index in [0.717, 1.165) is 54.3 Å². The zero-order valence-electron chi connectivity index (χ0n) is 16.3. The molecular weight excluding hydrogens is 417 g/mol. The summed E-state index contributed by atoms with van der Waals surface area (Å²) in [6.07, 6.45) is -3.47. The molecule has 1 atom stereocenters. The third kappa shape index (κ3) is 5.04. The van der Waals surface area contributed by atoms with E-state index in [1.54, 1.807) is 4.90 Å². The summed E-state index contributed by atoms with van der Waals surface area (Å²) in [5.74, 6) is -0.0870. The predicted molar refractivity (Wildman–Crippen MR) is 109 cm³/mol. The minimum absolute atomic E-state index is 0.0870. The molecule has 0 spiro atoms. The second-order valence-corrected chi connectivity index (χ2v) is 8.29. The van der Waals surface area contributed by atoms with Crippen molar-refractivity contribution in [1.82, 2.24) is 10.3 Å². The van der Waals surface area contributed by atoms with Crippen LogP contribution in [0.25, 0.3) is 0 Å². The molecule has 2 saturated heterocycles. The lowest BCUT2D eigenvalue weighted by atomic mass is 10.1. The van der Waals surface area contributed by atoms with E-state index in [9.17, 15) is 18.0 Å². The summed E-state index contributed by atoms with van der Waals surface area (Å²) in [6.45, 7) is 4.21. The molecule has 0 bridgehead atoms. The first-order valence-corrected chi connectivity index (χ1v) is 10.7. The van der Waals surface area contributed by atoms with Crippen molar-refractivity contribution in [3.8, 4) is 0 Å². The van der Waals surface area contributed by atoms with E-state index in [2.05, 4.69) is 15.2 Å². The molecule has 4 rings (SSSR count). The summed E-state index contributed by atoms with van der Waals surface area (Å²) in [5.41, 5.74) is 1.18. The quantitative estimate of drug-likeness (QED) is 0.775. The Hall–Kier alpha value is -2.33. The highest BCUT2D eigenvalue weighted by atomic mass is 32.1. The number of nitrogens with zero attached hydrogens (tertiary/aromatic N) is 3. The number of rotatable bonds is 5. The zero-order chi connectivity index (χ0) is 21.1. The molecule has 0 aliphatic carbocycles. The van der Waals surface area contributed by atoms with Crippen LogP contribution >= 0.6 is 11.3 Å². The number of halogens is 3. The zero-order valence-corrected chi connectivity index (χ0v) is 17.1. The number of morpholine rings is 1. The number of thiazole rings is 1. The highest BCUT2D eigenvalue weighted by Crippen LogP contribution is 2.34. The number of alkyl halides is 3. The van der Waals surface area contributed by atoms with Gasteiger partial charge >= 0.3 is 6.18 Å². The Labute approximate surface area is 176 Å². The predicted octanol–water partition coefficient (Wildman–Crippen LogP) is 2.94. The van der Waals surface area contributed by atoms with Crippen molar-refractivity contribution in [2.75, 3.05) is 49.2 Å². The van der Waals surface area contributed by atoms with Gasteiger partial charge in [-0.15, -0.1) is 11.3 Å². The Bertz CT molecular complexity index is 866. The van der Waals surface area contributed by atoms with E-state index < -0.39 is 11.9 Å². The van der Waals surface area contributed by atoms with Crippen LogP contribution in [-0.2, 0) is 22.1 Å². The van der Waals surface area contributed by atoms with Crippen LogP contribution in [0.3, 0.4) is 0 Å². The Kier molecular flexibility index (Phi) is 6.14. The number of nitrogens with one attached hydrogen (secondary N) is 1. The summed E-state index contributed by atoms with van der Waals surface area (Å²) in [7, 11) is 0. The van der Waals surface area contributed by atoms with Crippen LogP contribution in [0.4, 0.5) is 24.0 Å². The van der Waals surface area contributed by atoms with E-state index in [4.69, 9.17) is 4.74 Å². The fourth-order valence-corrected chi connectivity index (χ4v) is 4.57. The Morgan fingerprint density at radius 3 is 2.57 bits per heavy atom. The first-order valence-electron chi connectivity index (χ1n) is 9.87. The highest BCUT2D eigenvalue weighted by Gasteiger charge is 2.35. The van der Waals surface area contributed by atoms with Crippen LogP contribution < -0.4 is 15.1 Å². The third-order valence-electron chi connectivity index (χ3n) is 5.28. The van der Waals surface area contributed by atoms with E-state index in [1.807, 2.05) is 24.3 Å². The molecule has 2 fully saturated rings. The molecule has 3 heterocycles. The maximum absolute atomic E-state index is 12.7. The van der Waals surface area contributed by atoms with E-state index in [-0.39, 0.29) is 18.4 Å². The molecule has 2 aromatic rings. The van der Waals surface area contributed by atoms with Crippen molar-refractivity contribution in [1.29, 1.82) is 0 Å². The van der Waals surface area contributed by atoms with Crippen LogP contribution in [0, 0.1) is 0 Å². The second kappa shape index (κ2) is 8.81. The minimum Gasteiger partial charge on any atom is -0.378 e. The maximum Gasteiger partial charge on any atom is 0.434 e. The first kappa shape index (κ1) is 20.9. The Morgan fingerprint density at radius 2 is 1.90 bits per heavy atom. The van der Waals surface area contributed by atoms with Crippen LogP contribution in [0.2, 0.25) is 0 Å². The van der Waals surface area contributed by atoms with Crippen molar-refractivity contribution in [2.24, 2.45) is 0 Å². The fraction of sp³-hybridized carbons (Fsp3) is 0.500. The van der Waals surface area contributed by atoms with Crippen molar-refractivity contribution < 1.29 is 22.7 Å². The number of carbonyl (C=O) groups is 1. The van der Waals surface area contributed by atoms with Crippen molar-refractivity contribution in [3.05, 3.63) is 40.9 Å². The van der Waals surface area contributed by atoms with Crippen LogP contribution in [0.5, 0.6) is 0 Å². The first-order chi connectivity index (χ1) is 14.4. The van der Waals surface area contributed by atoms with Gasteiger partial charge < -0.3 is 19.9 Å². The molecule has 6 nitrogen and oxygen atoms in total. The van der Waals surface area contributed by atoms with Gasteiger partial charge in [-0.05, 0) is 24.1 Å². The molecule has 1 aromatic carbocycles. The normalized spacial score (nSPS) is 19.9. The molecule has 2 aliphatic rings. The van der Waals surface area contributed by atoms with Gasteiger partial charge in [0.05, 0.1) is 19.6 Å². The summed E-state index contributed by atoms with van der Waals surface area (Å²) in [5, 5.41) is 4.36. The largest absolute Gasteiger partial charge is 0.434 e. The van der Waals surface area contributed by atoms with Gasteiger partial charge in [0.15, 0.2) is 10.8 Å². The highest BCUT2D eigenvalue weighted by molar-refractivity contribution is 7.13. The van der Waals surface area contributed by atoms with Gasteiger partial charge in [-0.2, -0.15) is 13.2 Å². The number of anilines is 2. The number of benzene rings is 1. The lowest BCUT2D eigenvalue weighted by Gasteiger charge is -2.28. The summed E-state index contributed by atoms with van der Waals surface area (Å²) < 4.78 is 43.6. The van der Waals surface area contributed by atoms with Gasteiger partial charge in [0.2, 0.25) is 5.91 Å². The van der Waals surface area contributed by atoms with E-state index in [1.165, 1.54) is 0 Å². The van der Waals surface area contributed by atoms with Crippen LogP contribution in [-0.4, -0.2) is 56.3 Å².